The molecule has 0 unspecified atom stereocenters. The molecule has 106 heavy (non-hydrogen) atoms. The first kappa shape index (κ1) is 103. The Balaban J connectivity index is 5.55. The molecule has 0 saturated heterocycles. The lowest BCUT2D eigenvalue weighted by Gasteiger charge is -2.32. The van der Waals surface area contributed by atoms with Gasteiger partial charge in [-0.2, -0.15) is 0 Å². The molecule has 15 heteroatoms. The molecule has 4 atom stereocenters. The molecule has 0 saturated carbocycles. The average molecular weight is 1500 g/mol. The molecule has 15 nitrogen and oxygen atoms in total. The van der Waals surface area contributed by atoms with Crippen molar-refractivity contribution in [3.05, 3.63) is 0 Å². The standard InChI is InChI=1S/C91H180N6O9/c1-11-17-23-29-33-37-39-43-45-51-57-65-87(98)94-83(81-103-79-71-85(63-55-49-27-21-15-5)105-89(100)67-59-53-47-41-35-31-25-19-13-3)69-77-96(7,8)75-61-73-92-91(102)93-74-62-76-97(9,10)78-70-84(95-88(99)66-58-52-46-44-40-38-34-30-24-18-12-2)82-104-80-72-86(64-56-50-28-22-16-6)106-90(101)68-60-54-48-42-36-32-26-20-14-4/h83-86H,11-82H2,1-10H3,(H2-2,92,93,94,95,98,99,102)/p+2/t83-,84-,85+,86+/m0/s1. The van der Waals surface area contributed by atoms with Gasteiger partial charge in [0.1, 0.15) is 12.2 Å². The molecular formula is C91H182N6O9+2. The molecule has 0 aromatic rings. The van der Waals surface area contributed by atoms with Crippen LogP contribution in [0, 0.1) is 0 Å². The highest BCUT2D eigenvalue weighted by atomic mass is 16.6. The summed E-state index contributed by atoms with van der Waals surface area (Å²) < 4.78 is 26.6. The summed E-state index contributed by atoms with van der Waals surface area (Å²) in [5, 5.41) is 13.0. The minimum absolute atomic E-state index is 0.0765. The van der Waals surface area contributed by atoms with Gasteiger partial charge < -0.3 is 49.2 Å². The number of rotatable bonds is 84. The summed E-state index contributed by atoms with van der Waals surface area (Å²) in [5.41, 5.74) is 0. The minimum atomic E-state index is -0.151. The lowest BCUT2D eigenvalue weighted by Crippen LogP contribution is -2.48. The molecule has 0 heterocycles. The molecule has 0 aliphatic heterocycles. The van der Waals surface area contributed by atoms with Crippen molar-refractivity contribution in [3.63, 3.8) is 0 Å². The topological polar surface area (TPSA) is 170 Å². The van der Waals surface area contributed by atoms with E-state index in [0.29, 0.717) is 78.0 Å². The number of urea groups is 1. The summed E-state index contributed by atoms with van der Waals surface area (Å²) in [7, 11) is 8.93. The van der Waals surface area contributed by atoms with Crippen LogP contribution in [0.2, 0.25) is 0 Å². The van der Waals surface area contributed by atoms with E-state index < -0.39 is 0 Å². The first-order valence-electron chi connectivity index (χ1n) is 46.3. The summed E-state index contributed by atoms with van der Waals surface area (Å²) in [5.74, 6) is 0.0464. The Labute approximate surface area is 657 Å². The van der Waals surface area contributed by atoms with Gasteiger partial charge in [-0.05, 0) is 51.4 Å². The largest absolute Gasteiger partial charge is 0.462 e. The highest BCUT2D eigenvalue weighted by molar-refractivity contribution is 5.76. The third kappa shape index (κ3) is 73.8. The number of esters is 2. The van der Waals surface area contributed by atoms with Crippen LogP contribution >= 0.6 is 0 Å². The first-order chi connectivity index (χ1) is 51.5. The number of hydrogen-bond acceptors (Lipinski definition) is 9. The molecule has 0 aromatic carbocycles. The normalized spacial score (nSPS) is 13.0. The van der Waals surface area contributed by atoms with Crippen molar-refractivity contribution in [2.75, 3.05) is 93.9 Å². The average Bonchev–Trinajstić information content (AvgIpc) is 0.939. The fraction of sp³-hybridized carbons (Fsp3) is 0.945. The van der Waals surface area contributed by atoms with Crippen molar-refractivity contribution in [1.29, 1.82) is 0 Å². The van der Waals surface area contributed by atoms with Gasteiger partial charge in [-0.1, -0.05) is 324 Å². The van der Waals surface area contributed by atoms with Crippen molar-refractivity contribution in [2.45, 2.75) is 464 Å². The predicted molar refractivity (Wildman–Crippen MR) is 451 cm³/mol. The number of ether oxygens (including phenoxy) is 4. The molecule has 4 N–H and O–H groups in total. The van der Waals surface area contributed by atoms with E-state index in [1.54, 1.807) is 0 Å². The van der Waals surface area contributed by atoms with Gasteiger partial charge in [-0.3, -0.25) is 19.2 Å². The number of quaternary nitrogens is 2. The zero-order valence-electron chi connectivity index (χ0n) is 72.3. The van der Waals surface area contributed by atoms with Crippen LogP contribution in [0.3, 0.4) is 0 Å². The summed E-state index contributed by atoms with van der Waals surface area (Å²) >= 11 is 0. The van der Waals surface area contributed by atoms with Crippen LogP contribution in [0.25, 0.3) is 0 Å². The molecule has 0 aliphatic carbocycles. The van der Waals surface area contributed by atoms with Gasteiger partial charge in [0.05, 0.1) is 92.9 Å². The number of nitrogens with one attached hydrogen (secondary N) is 4. The SMILES string of the molecule is CCCCCCCCCCCCCC(=O)N[C@@H](CC[N+](C)(C)CCCNC(=O)NCCC[N+](C)(C)CC[C@@H](COCC[C@@H](CCCCCCC)OC(=O)CCCCCCCCCCC)NC(=O)CCCCCCCCCCCCC)COCC[C@@H](CCCCCCC)OC(=O)CCCCCCCCCCC. The Morgan fingerprint density at radius 3 is 0.792 bits per heavy atom. The predicted octanol–water partition coefficient (Wildman–Crippen LogP) is 23.6. The summed E-state index contributed by atoms with van der Waals surface area (Å²) in [4.78, 5) is 66.5. The van der Waals surface area contributed by atoms with Crippen LogP contribution in [0.1, 0.15) is 440 Å². The molecule has 0 rings (SSSR count). The number of amides is 4. The van der Waals surface area contributed by atoms with E-state index in [4.69, 9.17) is 18.9 Å². The number of nitrogens with zero attached hydrogens (tertiary/aromatic N) is 2. The van der Waals surface area contributed by atoms with Crippen molar-refractivity contribution in [3.8, 4) is 0 Å². The Hall–Kier alpha value is -3.01. The van der Waals surface area contributed by atoms with Crippen LogP contribution < -0.4 is 21.3 Å². The molecule has 0 radical (unpaired) electrons. The second-order valence-electron chi connectivity index (χ2n) is 33.8. The van der Waals surface area contributed by atoms with Gasteiger partial charge in [0, 0.05) is 77.3 Å². The Morgan fingerprint density at radius 2 is 0.519 bits per heavy atom. The van der Waals surface area contributed by atoms with Crippen LogP contribution in [0.5, 0.6) is 0 Å². The Morgan fingerprint density at radius 1 is 0.274 bits per heavy atom. The molecule has 0 spiro atoms. The van der Waals surface area contributed by atoms with E-state index in [2.05, 4.69) is 91.0 Å². The number of hydrogen-bond donors (Lipinski definition) is 4. The quantitative estimate of drug-likeness (QED) is 0.0263. The van der Waals surface area contributed by atoms with Crippen LogP contribution in [-0.4, -0.2) is 157 Å². The molecule has 628 valence electrons. The van der Waals surface area contributed by atoms with Crippen LogP contribution in [-0.2, 0) is 38.1 Å². The zero-order chi connectivity index (χ0) is 77.8. The first-order valence-corrected chi connectivity index (χ1v) is 46.3. The second kappa shape index (κ2) is 77.3. The van der Waals surface area contributed by atoms with E-state index in [9.17, 15) is 24.0 Å². The molecule has 4 amide bonds. The highest BCUT2D eigenvalue weighted by Crippen LogP contribution is 2.21. The number of carbonyl (C=O) groups excluding carboxylic acids is 5. The molecular weight excluding hydrogens is 1320 g/mol. The summed E-state index contributed by atoms with van der Waals surface area (Å²) in [6, 6.07) is -0.399. The smallest absolute Gasteiger partial charge is 0.314 e. The van der Waals surface area contributed by atoms with Gasteiger partial charge in [0.2, 0.25) is 11.8 Å². The van der Waals surface area contributed by atoms with Gasteiger partial charge in [-0.15, -0.1) is 0 Å². The van der Waals surface area contributed by atoms with Crippen molar-refractivity contribution >= 4 is 29.8 Å². The fourth-order valence-electron chi connectivity index (χ4n) is 14.6. The monoisotopic (exact) mass is 1500 g/mol. The maximum Gasteiger partial charge on any atom is 0.314 e. The van der Waals surface area contributed by atoms with E-state index in [1.165, 1.54) is 244 Å². The lowest BCUT2D eigenvalue weighted by molar-refractivity contribution is -0.890. The second-order valence-corrected chi connectivity index (χ2v) is 33.8. The van der Waals surface area contributed by atoms with Gasteiger partial charge >= 0.3 is 18.0 Å². The van der Waals surface area contributed by atoms with Crippen LogP contribution in [0.15, 0.2) is 0 Å². The molecule has 0 fully saturated rings. The van der Waals surface area contributed by atoms with E-state index in [1.807, 2.05) is 0 Å². The Kier molecular flexibility index (Phi) is 75.1. The van der Waals surface area contributed by atoms with Gasteiger partial charge in [-0.25, -0.2) is 4.79 Å². The fourth-order valence-corrected chi connectivity index (χ4v) is 14.6. The third-order valence-corrected chi connectivity index (χ3v) is 22.0. The molecule has 0 aromatic heterocycles. The van der Waals surface area contributed by atoms with Gasteiger partial charge in [0.25, 0.3) is 0 Å². The van der Waals surface area contributed by atoms with Crippen LogP contribution in [0.4, 0.5) is 4.79 Å². The Bertz CT molecular complexity index is 1810. The molecule has 0 aliphatic rings. The van der Waals surface area contributed by atoms with E-state index in [-0.39, 0.29) is 54.1 Å². The lowest BCUT2D eigenvalue weighted by atomic mass is 10.1. The van der Waals surface area contributed by atoms with E-state index >= 15 is 0 Å². The van der Waals surface area contributed by atoms with Crippen molar-refractivity contribution < 1.29 is 51.9 Å². The van der Waals surface area contributed by atoms with Crippen molar-refractivity contribution in [2.24, 2.45) is 0 Å². The third-order valence-electron chi connectivity index (χ3n) is 22.0. The maximum absolute atomic E-state index is 13.5. The summed E-state index contributed by atoms with van der Waals surface area (Å²) in [6.45, 7) is 19.9. The number of unbranched alkanes of at least 4 members (excludes halogenated alkanes) is 44. The molecule has 0 bridgehead atoms. The van der Waals surface area contributed by atoms with E-state index in [0.717, 1.165) is 151 Å². The zero-order valence-corrected chi connectivity index (χ0v) is 72.3. The van der Waals surface area contributed by atoms with Gasteiger partial charge in [0.15, 0.2) is 0 Å². The maximum atomic E-state index is 13.5. The minimum Gasteiger partial charge on any atom is -0.462 e. The highest BCUT2D eigenvalue weighted by Gasteiger charge is 2.24. The number of carbonyl (C=O) groups is 5. The van der Waals surface area contributed by atoms with Crippen molar-refractivity contribution in [1.82, 2.24) is 21.3 Å². The summed E-state index contributed by atoms with van der Waals surface area (Å²) in [6.07, 6.45) is 69.0.